The Morgan fingerprint density at radius 2 is 1.06 bits per heavy atom. The number of anilines is 2. The molecule has 0 saturated heterocycles. The van der Waals surface area contributed by atoms with Crippen molar-refractivity contribution in [2.75, 3.05) is 11.5 Å². The van der Waals surface area contributed by atoms with E-state index in [0.29, 0.717) is 31.8 Å². The van der Waals surface area contributed by atoms with Gasteiger partial charge < -0.3 is 25.8 Å². The van der Waals surface area contributed by atoms with Crippen molar-refractivity contribution in [3.05, 3.63) is 69.3 Å². The molecule has 4 aromatic heterocycles. The quantitative estimate of drug-likeness (QED) is 0.191. The Labute approximate surface area is 238 Å². The van der Waals surface area contributed by atoms with Gasteiger partial charge in [0.1, 0.15) is 22.6 Å². The second-order valence-corrected chi connectivity index (χ2v) is 9.38. The maximum absolute atomic E-state index is 5.90. The van der Waals surface area contributed by atoms with Crippen molar-refractivity contribution >= 4 is 112 Å². The number of furan rings is 2. The number of fused-ring (bicyclic) bond motifs is 2. The first-order valence-corrected chi connectivity index (χ1v) is 11.8. The number of nitrogen functional groups attached to an aromatic ring is 2. The summed E-state index contributed by atoms with van der Waals surface area (Å²) in [6.45, 7) is 0. The molecule has 2 aromatic carbocycles. The van der Waals surface area contributed by atoms with Crippen LogP contribution in [-0.4, -0.2) is 15.4 Å². The third-order valence-corrected chi connectivity index (χ3v) is 6.32. The predicted molar refractivity (Wildman–Crippen MR) is 158 cm³/mol. The Balaban J connectivity index is 0.000000227. The summed E-state index contributed by atoms with van der Waals surface area (Å²) in [5, 5.41) is 8.13. The summed E-state index contributed by atoms with van der Waals surface area (Å²) in [6.07, 6.45) is 0. The first kappa shape index (κ1) is 29.1. The van der Waals surface area contributed by atoms with Gasteiger partial charge in [-0.25, -0.2) is 9.97 Å². The molecule has 0 radical (unpaired) electrons. The molecule has 0 fully saturated rings. The highest BCUT2D eigenvalue weighted by molar-refractivity contribution is 8.93. The zero-order chi connectivity index (χ0) is 22.2. The summed E-state index contributed by atoms with van der Waals surface area (Å²) in [4.78, 5) is 8.34. The van der Waals surface area contributed by atoms with Crippen molar-refractivity contribution in [3.8, 4) is 22.9 Å². The molecule has 0 aliphatic rings. The van der Waals surface area contributed by atoms with Gasteiger partial charge in [-0.15, -0.1) is 56.6 Å². The first-order valence-electron chi connectivity index (χ1n) is 9.25. The number of aromatic nitrogens is 2. The molecule has 7 nitrogen and oxygen atoms in total. The minimum absolute atomic E-state index is 0. The number of nitrogens with zero attached hydrogens (tertiary/aromatic N) is 2. The van der Waals surface area contributed by atoms with Crippen LogP contribution in [0, 0.1) is 0 Å². The fraction of sp³-hybridized carbons (Fsp3) is 0. The van der Waals surface area contributed by atoms with E-state index in [9.17, 15) is 0 Å². The molecular formula is C22H18Br2Cl2N4O3S2. The van der Waals surface area contributed by atoms with E-state index in [0.717, 1.165) is 33.3 Å². The Bertz CT molecular complexity index is 1450. The first-order chi connectivity index (χ1) is 15.4. The molecule has 6 N–H and O–H groups in total. The minimum Gasteiger partial charge on any atom is -0.454 e. The highest BCUT2D eigenvalue weighted by atomic mass is 79.9. The molecular weight excluding hydrogens is 663 g/mol. The van der Waals surface area contributed by atoms with Gasteiger partial charge in [-0.2, -0.15) is 0 Å². The molecule has 6 rings (SSSR count). The Morgan fingerprint density at radius 3 is 1.40 bits per heavy atom. The van der Waals surface area contributed by atoms with E-state index in [4.69, 9.17) is 43.5 Å². The van der Waals surface area contributed by atoms with E-state index in [1.54, 1.807) is 12.1 Å². The zero-order valence-corrected chi connectivity index (χ0v) is 24.1. The number of rotatable bonds is 2. The monoisotopic (exact) mass is 678 g/mol. The van der Waals surface area contributed by atoms with Gasteiger partial charge in [-0.3, -0.25) is 0 Å². The molecule has 0 amide bonds. The lowest BCUT2D eigenvalue weighted by Gasteiger charge is -1.88. The van der Waals surface area contributed by atoms with Crippen LogP contribution in [0.2, 0.25) is 10.0 Å². The number of benzene rings is 2. The third-order valence-electron chi connectivity index (χ3n) is 4.51. The van der Waals surface area contributed by atoms with Crippen LogP contribution in [0.3, 0.4) is 0 Å². The molecule has 0 spiro atoms. The summed E-state index contributed by atoms with van der Waals surface area (Å²) >= 11 is 14.6. The number of hydrogen-bond donors (Lipinski definition) is 2. The normalized spacial score (nSPS) is 10.1. The largest absolute Gasteiger partial charge is 0.454 e. The fourth-order valence-electron chi connectivity index (χ4n) is 3.08. The van der Waals surface area contributed by atoms with E-state index in [1.807, 2.05) is 47.2 Å². The van der Waals surface area contributed by atoms with Gasteiger partial charge in [0.2, 0.25) is 0 Å². The molecule has 4 heterocycles. The third kappa shape index (κ3) is 6.56. The molecule has 0 aliphatic heterocycles. The van der Waals surface area contributed by atoms with E-state index < -0.39 is 0 Å². The topological polar surface area (TPSA) is 136 Å². The van der Waals surface area contributed by atoms with Gasteiger partial charge >= 0.3 is 0 Å². The summed E-state index contributed by atoms with van der Waals surface area (Å²) < 4.78 is 11.3. The number of nitrogens with two attached hydrogens (primary N) is 2. The van der Waals surface area contributed by atoms with Gasteiger partial charge in [0.15, 0.2) is 21.8 Å². The Morgan fingerprint density at radius 1 is 0.657 bits per heavy atom. The summed E-state index contributed by atoms with van der Waals surface area (Å²) in [7, 11) is 0. The predicted octanol–water partition coefficient (Wildman–Crippen LogP) is 7.91. The van der Waals surface area contributed by atoms with Crippen LogP contribution in [0.15, 0.2) is 68.1 Å². The van der Waals surface area contributed by atoms with Crippen molar-refractivity contribution in [3.63, 3.8) is 0 Å². The number of thiazole rings is 2. The Kier molecular flexibility index (Phi) is 10.2. The van der Waals surface area contributed by atoms with Gasteiger partial charge in [0, 0.05) is 31.6 Å². The standard InChI is InChI=1S/2C11H7ClN2OS.2BrH.H2O/c2*12-7-1-2-9-6(3-7)4-10(15-9)8-5-16-11(13)14-8;;;/h2*1-5H,(H2,13,14);2*1H;1H2. The van der Waals surface area contributed by atoms with Crippen LogP contribution in [0.25, 0.3) is 44.8 Å². The SMILES string of the molecule is Br.Br.Nc1nc(-c2cc3cc(Cl)ccc3o2)cs1.Nc1nc(-c2cc3cc(Cl)ccc3o2)cs1.O. The van der Waals surface area contributed by atoms with Gasteiger partial charge in [-0.05, 0) is 48.5 Å². The average Bonchev–Trinajstić information content (AvgIpc) is 3.53. The lowest BCUT2D eigenvalue weighted by atomic mass is 10.2. The Hall–Kier alpha value is -2.12. The molecule has 0 saturated carbocycles. The molecule has 0 atom stereocenters. The number of halogens is 4. The maximum Gasteiger partial charge on any atom is 0.180 e. The highest BCUT2D eigenvalue weighted by Gasteiger charge is 2.10. The van der Waals surface area contributed by atoms with E-state index in [2.05, 4.69) is 9.97 Å². The van der Waals surface area contributed by atoms with Gasteiger partial charge in [0.25, 0.3) is 0 Å². The van der Waals surface area contributed by atoms with Crippen molar-refractivity contribution in [1.29, 1.82) is 0 Å². The van der Waals surface area contributed by atoms with Crippen LogP contribution in [-0.2, 0) is 0 Å². The molecule has 184 valence electrons. The van der Waals surface area contributed by atoms with Crippen molar-refractivity contribution in [2.24, 2.45) is 0 Å². The smallest absolute Gasteiger partial charge is 0.180 e. The summed E-state index contributed by atoms with van der Waals surface area (Å²) in [5.74, 6) is 1.43. The molecule has 0 bridgehead atoms. The number of hydrogen-bond acceptors (Lipinski definition) is 8. The molecule has 35 heavy (non-hydrogen) atoms. The molecule has 6 aromatic rings. The van der Waals surface area contributed by atoms with Crippen LogP contribution in [0.1, 0.15) is 0 Å². The van der Waals surface area contributed by atoms with Crippen LogP contribution < -0.4 is 11.5 Å². The second kappa shape index (κ2) is 12.2. The van der Waals surface area contributed by atoms with Crippen LogP contribution in [0.5, 0.6) is 0 Å². The van der Waals surface area contributed by atoms with E-state index in [1.165, 1.54) is 22.7 Å². The molecule has 0 aliphatic carbocycles. The van der Waals surface area contributed by atoms with Crippen LogP contribution >= 0.6 is 79.8 Å². The van der Waals surface area contributed by atoms with E-state index in [-0.39, 0.29) is 39.4 Å². The lowest BCUT2D eigenvalue weighted by molar-refractivity contribution is 0.629. The minimum atomic E-state index is 0. The average molecular weight is 681 g/mol. The van der Waals surface area contributed by atoms with E-state index >= 15 is 0 Å². The maximum atomic E-state index is 5.90. The molecule has 0 unspecified atom stereocenters. The van der Waals surface area contributed by atoms with Crippen molar-refractivity contribution in [2.45, 2.75) is 0 Å². The lowest BCUT2D eigenvalue weighted by Crippen LogP contribution is -1.81. The van der Waals surface area contributed by atoms with Crippen molar-refractivity contribution < 1.29 is 14.3 Å². The summed E-state index contributed by atoms with van der Waals surface area (Å²) in [5.41, 5.74) is 14.3. The second-order valence-electron chi connectivity index (χ2n) is 6.73. The zero-order valence-electron chi connectivity index (χ0n) is 17.5. The van der Waals surface area contributed by atoms with Gasteiger partial charge in [0.05, 0.1) is 0 Å². The molecule has 13 heteroatoms. The van der Waals surface area contributed by atoms with Crippen molar-refractivity contribution in [1.82, 2.24) is 9.97 Å². The van der Waals surface area contributed by atoms with Crippen LogP contribution in [0.4, 0.5) is 10.3 Å². The summed E-state index contributed by atoms with van der Waals surface area (Å²) in [6, 6.07) is 14.8. The fourth-order valence-corrected chi connectivity index (χ4v) is 4.55. The van der Waals surface area contributed by atoms with Gasteiger partial charge in [-0.1, -0.05) is 23.2 Å². The highest BCUT2D eigenvalue weighted by Crippen LogP contribution is 2.31.